The smallest absolute Gasteiger partial charge is 0.154 e. The second kappa shape index (κ2) is 7.49. The maximum absolute atomic E-state index is 9.13. The van der Waals surface area contributed by atoms with E-state index >= 15 is 0 Å². The van der Waals surface area contributed by atoms with Gasteiger partial charge in [0, 0.05) is 11.4 Å². The molecular formula is C12H17ClO3. The number of rotatable bonds is 7. The van der Waals surface area contributed by atoms with Crippen molar-refractivity contribution in [2.24, 2.45) is 0 Å². The predicted molar refractivity (Wildman–Crippen MR) is 63.8 cm³/mol. The van der Waals surface area contributed by atoms with Crippen LogP contribution in [-0.2, 0) is 4.74 Å². The highest BCUT2D eigenvalue weighted by Crippen LogP contribution is 2.15. The van der Waals surface area contributed by atoms with E-state index in [4.69, 9.17) is 26.2 Å². The summed E-state index contributed by atoms with van der Waals surface area (Å²) in [7, 11) is 0. The highest BCUT2D eigenvalue weighted by Gasteiger charge is 1.99. The van der Waals surface area contributed by atoms with E-state index in [2.05, 4.69) is 0 Å². The lowest BCUT2D eigenvalue weighted by molar-refractivity contribution is -0.102. The molecule has 1 aromatic carbocycles. The van der Waals surface area contributed by atoms with E-state index in [9.17, 15) is 0 Å². The van der Waals surface area contributed by atoms with E-state index in [1.165, 1.54) is 0 Å². The molecule has 90 valence electrons. The van der Waals surface area contributed by atoms with Crippen LogP contribution in [0.3, 0.4) is 0 Å². The monoisotopic (exact) mass is 244 g/mol. The summed E-state index contributed by atoms with van der Waals surface area (Å²) < 4.78 is 10.6. The Kier molecular flexibility index (Phi) is 6.23. The van der Waals surface area contributed by atoms with E-state index in [1.54, 1.807) is 12.1 Å². The van der Waals surface area contributed by atoms with E-state index in [-0.39, 0.29) is 0 Å². The lowest BCUT2D eigenvalue weighted by Crippen LogP contribution is -2.12. The lowest BCUT2D eigenvalue weighted by atomic mass is 10.3. The van der Waals surface area contributed by atoms with Gasteiger partial charge in [-0.2, -0.15) is 0 Å². The molecule has 0 saturated heterocycles. The van der Waals surface area contributed by atoms with E-state index in [0.29, 0.717) is 24.7 Å². The fourth-order valence-corrected chi connectivity index (χ4v) is 1.24. The first-order valence-corrected chi connectivity index (χ1v) is 5.78. The van der Waals surface area contributed by atoms with Crippen LogP contribution in [-0.4, -0.2) is 24.6 Å². The van der Waals surface area contributed by atoms with Crippen LogP contribution in [0.25, 0.3) is 0 Å². The number of hydrogen-bond acceptors (Lipinski definition) is 3. The van der Waals surface area contributed by atoms with Gasteiger partial charge in [0.05, 0.1) is 13.2 Å². The molecule has 0 aromatic heterocycles. The largest absolute Gasteiger partial charge is 0.494 e. The fourth-order valence-electron chi connectivity index (χ4n) is 1.12. The topological polar surface area (TPSA) is 38.7 Å². The van der Waals surface area contributed by atoms with Crippen molar-refractivity contribution in [1.82, 2.24) is 0 Å². The van der Waals surface area contributed by atoms with Gasteiger partial charge in [-0.15, -0.1) is 0 Å². The van der Waals surface area contributed by atoms with E-state index in [0.717, 1.165) is 12.2 Å². The first kappa shape index (κ1) is 13.3. The van der Waals surface area contributed by atoms with Crippen LogP contribution in [0.15, 0.2) is 24.3 Å². The molecule has 3 nitrogen and oxygen atoms in total. The molecule has 0 radical (unpaired) electrons. The third kappa shape index (κ3) is 5.35. The number of halogens is 1. The van der Waals surface area contributed by atoms with Crippen molar-refractivity contribution in [2.75, 3.05) is 13.2 Å². The third-order valence-corrected chi connectivity index (χ3v) is 2.28. The standard InChI is InChI=1S/C12H17ClO3/c1-2-12(14)16-9-3-8-15-11-6-4-10(13)5-7-11/h4-7,12,14H,2-3,8-9H2,1H3. The summed E-state index contributed by atoms with van der Waals surface area (Å²) in [5.74, 6) is 0.792. The first-order chi connectivity index (χ1) is 7.72. The van der Waals surface area contributed by atoms with Crippen LogP contribution in [0.4, 0.5) is 0 Å². The van der Waals surface area contributed by atoms with Gasteiger partial charge in [-0.05, 0) is 30.7 Å². The van der Waals surface area contributed by atoms with Crippen molar-refractivity contribution in [3.63, 3.8) is 0 Å². The van der Waals surface area contributed by atoms with Crippen LogP contribution >= 0.6 is 11.6 Å². The first-order valence-electron chi connectivity index (χ1n) is 5.40. The molecule has 1 rings (SSSR count). The molecule has 0 saturated carbocycles. The Morgan fingerprint density at radius 2 is 1.94 bits per heavy atom. The number of ether oxygens (including phenoxy) is 2. The van der Waals surface area contributed by atoms with Gasteiger partial charge in [-0.1, -0.05) is 18.5 Å². The Balaban J connectivity index is 2.09. The summed E-state index contributed by atoms with van der Waals surface area (Å²) in [6, 6.07) is 7.22. The molecule has 0 aliphatic carbocycles. The van der Waals surface area contributed by atoms with Crippen LogP contribution in [0.1, 0.15) is 19.8 Å². The maximum Gasteiger partial charge on any atom is 0.154 e. The van der Waals surface area contributed by atoms with Gasteiger partial charge in [-0.25, -0.2) is 0 Å². The molecule has 0 bridgehead atoms. The van der Waals surface area contributed by atoms with Gasteiger partial charge in [-0.3, -0.25) is 0 Å². The van der Waals surface area contributed by atoms with Crippen LogP contribution in [0, 0.1) is 0 Å². The van der Waals surface area contributed by atoms with E-state index < -0.39 is 6.29 Å². The molecule has 0 spiro atoms. The van der Waals surface area contributed by atoms with E-state index in [1.807, 2.05) is 19.1 Å². The molecule has 0 fully saturated rings. The Morgan fingerprint density at radius 3 is 2.56 bits per heavy atom. The molecular weight excluding hydrogens is 228 g/mol. The molecule has 0 aliphatic heterocycles. The SMILES string of the molecule is CCC(O)OCCCOc1ccc(Cl)cc1. The summed E-state index contributed by atoms with van der Waals surface area (Å²) >= 11 is 5.74. The van der Waals surface area contributed by atoms with Gasteiger partial charge in [0.1, 0.15) is 5.75 Å². The summed E-state index contributed by atoms with van der Waals surface area (Å²) in [6.07, 6.45) is 0.702. The highest BCUT2D eigenvalue weighted by molar-refractivity contribution is 6.30. The normalized spacial score (nSPS) is 12.4. The highest BCUT2D eigenvalue weighted by atomic mass is 35.5. The van der Waals surface area contributed by atoms with Gasteiger partial charge < -0.3 is 14.6 Å². The Labute approximate surface area is 101 Å². The summed E-state index contributed by atoms with van der Waals surface area (Å²) in [6.45, 7) is 2.94. The van der Waals surface area contributed by atoms with Crippen molar-refractivity contribution in [2.45, 2.75) is 26.1 Å². The predicted octanol–water partition coefficient (Wildman–Crippen LogP) is 2.85. The minimum atomic E-state index is -0.657. The lowest BCUT2D eigenvalue weighted by Gasteiger charge is -2.10. The Hall–Kier alpha value is -0.770. The molecule has 0 heterocycles. The maximum atomic E-state index is 9.13. The van der Waals surface area contributed by atoms with Crippen molar-refractivity contribution in [1.29, 1.82) is 0 Å². The van der Waals surface area contributed by atoms with Gasteiger partial charge >= 0.3 is 0 Å². The van der Waals surface area contributed by atoms with Gasteiger partial charge in [0.2, 0.25) is 0 Å². The zero-order valence-electron chi connectivity index (χ0n) is 9.36. The quantitative estimate of drug-likeness (QED) is 0.592. The molecule has 4 heteroatoms. The zero-order chi connectivity index (χ0) is 11.8. The number of aliphatic hydroxyl groups is 1. The van der Waals surface area contributed by atoms with Crippen molar-refractivity contribution >= 4 is 11.6 Å². The zero-order valence-corrected chi connectivity index (χ0v) is 10.1. The van der Waals surface area contributed by atoms with Crippen LogP contribution < -0.4 is 4.74 Å². The average Bonchev–Trinajstić information content (AvgIpc) is 2.31. The number of aliphatic hydroxyl groups excluding tert-OH is 1. The molecule has 0 amide bonds. The van der Waals surface area contributed by atoms with Crippen molar-refractivity contribution in [3.05, 3.63) is 29.3 Å². The minimum Gasteiger partial charge on any atom is -0.494 e. The molecule has 1 N–H and O–H groups in total. The van der Waals surface area contributed by atoms with Gasteiger partial charge in [0.25, 0.3) is 0 Å². The van der Waals surface area contributed by atoms with Crippen molar-refractivity contribution in [3.8, 4) is 5.75 Å². The average molecular weight is 245 g/mol. The molecule has 1 atom stereocenters. The molecule has 1 aromatic rings. The minimum absolute atomic E-state index is 0.503. The second-order valence-electron chi connectivity index (χ2n) is 3.39. The summed E-state index contributed by atoms with van der Waals surface area (Å²) in [5, 5.41) is 9.82. The Morgan fingerprint density at radius 1 is 1.25 bits per heavy atom. The van der Waals surface area contributed by atoms with Crippen LogP contribution in [0.5, 0.6) is 5.75 Å². The molecule has 0 aliphatic rings. The molecule has 16 heavy (non-hydrogen) atoms. The third-order valence-electron chi connectivity index (χ3n) is 2.03. The second-order valence-corrected chi connectivity index (χ2v) is 3.83. The van der Waals surface area contributed by atoms with Crippen molar-refractivity contribution < 1.29 is 14.6 Å². The number of hydrogen-bond donors (Lipinski definition) is 1. The number of benzene rings is 1. The molecule has 1 unspecified atom stereocenters. The fraction of sp³-hybridized carbons (Fsp3) is 0.500. The summed E-state index contributed by atoms with van der Waals surface area (Å²) in [4.78, 5) is 0. The summed E-state index contributed by atoms with van der Waals surface area (Å²) in [5.41, 5.74) is 0. The van der Waals surface area contributed by atoms with Crippen LogP contribution in [0.2, 0.25) is 5.02 Å². The van der Waals surface area contributed by atoms with Gasteiger partial charge in [0.15, 0.2) is 6.29 Å². The Bertz CT molecular complexity index is 287.